The van der Waals surface area contributed by atoms with Gasteiger partial charge < -0.3 is 19.4 Å². The molecule has 2 aromatic carbocycles. The van der Waals surface area contributed by atoms with Gasteiger partial charge in [0.2, 0.25) is 5.43 Å². The number of carbonyl (C=O) groups is 2. The monoisotopic (exact) mass is 380 g/mol. The molecule has 1 heterocycles. The van der Waals surface area contributed by atoms with E-state index in [0.717, 1.165) is 0 Å². The second kappa shape index (κ2) is 7.96. The van der Waals surface area contributed by atoms with Gasteiger partial charge in [0.1, 0.15) is 11.3 Å². The number of aryl methyl sites for hydroxylation is 1. The SMILES string of the molecule is CCOc1ccc2c(c1)c(=O)c(C(=O)Nc1ccccc1C(=O)OC)cn2C. The van der Waals surface area contributed by atoms with Crippen molar-refractivity contribution in [2.24, 2.45) is 7.05 Å². The Morgan fingerprint density at radius 2 is 1.86 bits per heavy atom. The van der Waals surface area contributed by atoms with Gasteiger partial charge in [0, 0.05) is 13.2 Å². The Morgan fingerprint density at radius 3 is 2.57 bits per heavy atom. The van der Waals surface area contributed by atoms with E-state index in [-0.39, 0.29) is 16.8 Å². The van der Waals surface area contributed by atoms with Crippen LogP contribution in [0.25, 0.3) is 10.9 Å². The van der Waals surface area contributed by atoms with Gasteiger partial charge in [-0.2, -0.15) is 0 Å². The molecule has 0 unspecified atom stereocenters. The van der Waals surface area contributed by atoms with Crippen LogP contribution in [0.3, 0.4) is 0 Å². The zero-order valence-corrected chi connectivity index (χ0v) is 15.8. The van der Waals surface area contributed by atoms with Gasteiger partial charge >= 0.3 is 5.97 Å². The van der Waals surface area contributed by atoms with E-state index < -0.39 is 17.3 Å². The van der Waals surface area contributed by atoms with Crippen molar-refractivity contribution in [3.63, 3.8) is 0 Å². The quantitative estimate of drug-likeness (QED) is 0.688. The maximum atomic E-state index is 12.9. The van der Waals surface area contributed by atoms with Gasteiger partial charge in [-0.1, -0.05) is 12.1 Å². The number of esters is 1. The van der Waals surface area contributed by atoms with E-state index in [4.69, 9.17) is 9.47 Å². The molecule has 144 valence electrons. The van der Waals surface area contributed by atoms with Crippen molar-refractivity contribution < 1.29 is 19.1 Å². The number of aromatic nitrogens is 1. The standard InChI is InChI=1S/C21H20N2O5/c1-4-28-13-9-10-18-15(11-13)19(24)16(12-23(18)2)20(25)22-17-8-6-5-7-14(17)21(26)27-3/h5-12H,4H2,1-3H3,(H,22,25). The second-order valence-electron chi connectivity index (χ2n) is 6.09. The number of benzene rings is 2. The third-order valence-corrected chi connectivity index (χ3v) is 4.30. The van der Waals surface area contributed by atoms with E-state index in [0.29, 0.717) is 23.3 Å². The van der Waals surface area contributed by atoms with Crippen molar-refractivity contribution in [1.82, 2.24) is 4.57 Å². The highest BCUT2D eigenvalue weighted by Crippen LogP contribution is 2.20. The number of nitrogens with zero attached hydrogens (tertiary/aromatic N) is 1. The third kappa shape index (κ3) is 3.59. The Bertz CT molecular complexity index is 1120. The summed E-state index contributed by atoms with van der Waals surface area (Å²) in [5.74, 6) is -0.634. The normalized spacial score (nSPS) is 10.5. The minimum atomic E-state index is -0.610. The second-order valence-corrected chi connectivity index (χ2v) is 6.09. The Labute approximate surface area is 161 Å². The number of pyridine rings is 1. The van der Waals surface area contributed by atoms with Crippen LogP contribution < -0.4 is 15.5 Å². The molecule has 0 spiro atoms. The Hall–Kier alpha value is -3.61. The summed E-state index contributed by atoms with van der Waals surface area (Å²) in [6.07, 6.45) is 1.47. The van der Waals surface area contributed by atoms with E-state index in [1.165, 1.54) is 19.4 Å². The number of fused-ring (bicyclic) bond motifs is 1. The highest BCUT2D eigenvalue weighted by atomic mass is 16.5. The summed E-state index contributed by atoms with van der Waals surface area (Å²) in [6.45, 7) is 2.32. The molecule has 0 saturated heterocycles. The number of rotatable bonds is 5. The molecule has 3 aromatic rings. The number of carbonyl (C=O) groups excluding carboxylic acids is 2. The van der Waals surface area contributed by atoms with Gasteiger partial charge in [-0.25, -0.2) is 4.79 Å². The van der Waals surface area contributed by atoms with E-state index in [2.05, 4.69) is 5.32 Å². The first-order valence-corrected chi connectivity index (χ1v) is 8.71. The van der Waals surface area contributed by atoms with Crippen LogP contribution in [0.2, 0.25) is 0 Å². The molecule has 0 bridgehead atoms. The largest absolute Gasteiger partial charge is 0.494 e. The number of methoxy groups -OCH3 is 1. The van der Waals surface area contributed by atoms with Crippen molar-refractivity contribution in [3.05, 3.63) is 70.0 Å². The number of ether oxygens (including phenoxy) is 2. The summed E-state index contributed by atoms with van der Waals surface area (Å²) >= 11 is 0. The van der Waals surface area contributed by atoms with Crippen molar-refractivity contribution in [2.75, 3.05) is 19.0 Å². The number of hydrogen-bond acceptors (Lipinski definition) is 5. The maximum Gasteiger partial charge on any atom is 0.339 e. The molecule has 28 heavy (non-hydrogen) atoms. The molecule has 7 heteroatoms. The number of amides is 1. The number of anilines is 1. The molecule has 0 saturated carbocycles. The van der Waals surface area contributed by atoms with Crippen LogP contribution in [0.1, 0.15) is 27.6 Å². The van der Waals surface area contributed by atoms with Gasteiger partial charge in [0.25, 0.3) is 5.91 Å². The minimum Gasteiger partial charge on any atom is -0.494 e. The third-order valence-electron chi connectivity index (χ3n) is 4.30. The van der Waals surface area contributed by atoms with Gasteiger partial charge in [-0.15, -0.1) is 0 Å². The fraction of sp³-hybridized carbons (Fsp3) is 0.190. The number of para-hydroxylation sites is 1. The van der Waals surface area contributed by atoms with Crippen LogP contribution in [-0.2, 0) is 11.8 Å². The Kier molecular flexibility index (Phi) is 5.44. The van der Waals surface area contributed by atoms with E-state index >= 15 is 0 Å². The average Bonchev–Trinajstić information content (AvgIpc) is 2.70. The highest BCUT2D eigenvalue weighted by molar-refractivity contribution is 6.09. The van der Waals surface area contributed by atoms with Gasteiger partial charge in [-0.05, 0) is 37.3 Å². The van der Waals surface area contributed by atoms with Crippen molar-refractivity contribution in [3.8, 4) is 5.75 Å². The van der Waals surface area contributed by atoms with Crippen molar-refractivity contribution >= 4 is 28.5 Å². The number of hydrogen-bond donors (Lipinski definition) is 1. The first-order valence-electron chi connectivity index (χ1n) is 8.71. The molecule has 0 radical (unpaired) electrons. The molecule has 0 aliphatic heterocycles. The molecule has 1 amide bonds. The van der Waals surface area contributed by atoms with Crippen molar-refractivity contribution in [2.45, 2.75) is 6.92 Å². The minimum absolute atomic E-state index is 0.0386. The first kappa shape index (κ1) is 19.2. The molecule has 1 N–H and O–H groups in total. The number of nitrogens with one attached hydrogen (secondary N) is 1. The summed E-state index contributed by atoms with van der Waals surface area (Å²) in [4.78, 5) is 37.6. The average molecular weight is 380 g/mol. The summed E-state index contributed by atoms with van der Waals surface area (Å²) < 4.78 is 11.9. The lowest BCUT2D eigenvalue weighted by atomic mass is 10.1. The Balaban J connectivity index is 2.04. The van der Waals surface area contributed by atoms with E-state index in [1.807, 2.05) is 6.92 Å². The lowest BCUT2D eigenvalue weighted by Gasteiger charge is -2.12. The Morgan fingerprint density at radius 1 is 1.11 bits per heavy atom. The fourth-order valence-corrected chi connectivity index (χ4v) is 2.96. The first-order chi connectivity index (χ1) is 13.5. The molecular weight excluding hydrogens is 360 g/mol. The van der Waals surface area contributed by atoms with Crippen LogP contribution in [0, 0.1) is 0 Å². The van der Waals surface area contributed by atoms with Crippen LogP contribution >= 0.6 is 0 Å². The molecule has 0 aliphatic rings. The lowest BCUT2D eigenvalue weighted by Crippen LogP contribution is -2.24. The maximum absolute atomic E-state index is 12.9. The van der Waals surface area contributed by atoms with Crippen LogP contribution in [0.5, 0.6) is 5.75 Å². The zero-order chi connectivity index (χ0) is 20.3. The molecule has 3 rings (SSSR count). The smallest absolute Gasteiger partial charge is 0.339 e. The van der Waals surface area contributed by atoms with Crippen molar-refractivity contribution in [1.29, 1.82) is 0 Å². The summed E-state index contributed by atoms with van der Waals surface area (Å²) in [5, 5.41) is 3.01. The molecule has 7 nitrogen and oxygen atoms in total. The van der Waals surface area contributed by atoms with Crippen LogP contribution in [0.15, 0.2) is 53.5 Å². The zero-order valence-electron chi connectivity index (χ0n) is 15.8. The lowest BCUT2D eigenvalue weighted by molar-refractivity contribution is 0.0602. The topological polar surface area (TPSA) is 86.6 Å². The summed E-state index contributed by atoms with van der Waals surface area (Å²) in [5.41, 5.74) is 0.699. The van der Waals surface area contributed by atoms with Gasteiger partial charge in [0.05, 0.1) is 35.9 Å². The van der Waals surface area contributed by atoms with Gasteiger partial charge in [-0.3, -0.25) is 9.59 Å². The van der Waals surface area contributed by atoms with Crippen LogP contribution in [0.4, 0.5) is 5.69 Å². The summed E-state index contributed by atoms with van der Waals surface area (Å²) in [6, 6.07) is 11.6. The molecule has 1 aromatic heterocycles. The molecule has 0 aliphatic carbocycles. The predicted molar refractivity (Wildman–Crippen MR) is 106 cm³/mol. The van der Waals surface area contributed by atoms with Crippen LogP contribution in [-0.4, -0.2) is 30.2 Å². The molecular formula is C21H20N2O5. The highest BCUT2D eigenvalue weighted by Gasteiger charge is 2.18. The predicted octanol–water partition coefficient (Wildman–Crippen LogP) is 2.98. The van der Waals surface area contributed by atoms with E-state index in [9.17, 15) is 14.4 Å². The molecule has 0 atom stereocenters. The summed E-state index contributed by atoms with van der Waals surface area (Å²) in [7, 11) is 3.01. The van der Waals surface area contributed by atoms with E-state index in [1.54, 1.807) is 48.0 Å². The fourth-order valence-electron chi connectivity index (χ4n) is 2.96. The van der Waals surface area contributed by atoms with Gasteiger partial charge in [0.15, 0.2) is 0 Å². The molecule has 0 fully saturated rings.